The summed E-state index contributed by atoms with van der Waals surface area (Å²) in [5.74, 6) is 0.117. The summed E-state index contributed by atoms with van der Waals surface area (Å²) in [4.78, 5) is 16.3. The molecule has 2 nitrogen and oxygen atoms in total. The predicted octanol–water partition coefficient (Wildman–Crippen LogP) is 3.95. The maximum absolute atomic E-state index is 12.0. The van der Waals surface area contributed by atoms with Crippen LogP contribution in [0.4, 0.5) is 0 Å². The summed E-state index contributed by atoms with van der Waals surface area (Å²) < 4.78 is 1.03. The first kappa shape index (κ1) is 12.5. The van der Waals surface area contributed by atoms with Gasteiger partial charge in [-0.2, -0.15) is 0 Å². The second-order valence-electron chi connectivity index (χ2n) is 3.92. The van der Waals surface area contributed by atoms with Crippen LogP contribution in [0, 0.1) is 13.8 Å². The number of carbonyl (C=O) groups is 1. The summed E-state index contributed by atoms with van der Waals surface area (Å²) in [5, 5.41) is 2.94. The highest BCUT2D eigenvalue weighted by molar-refractivity contribution is 9.10. The third-order valence-corrected chi connectivity index (χ3v) is 4.20. The molecule has 17 heavy (non-hydrogen) atoms. The quantitative estimate of drug-likeness (QED) is 0.804. The van der Waals surface area contributed by atoms with E-state index in [0.29, 0.717) is 6.42 Å². The van der Waals surface area contributed by atoms with Crippen molar-refractivity contribution in [3.63, 3.8) is 0 Å². The number of thiazole rings is 1. The zero-order valence-electron chi connectivity index (χ0n) is 9.66. The van der Waals surface area contributed by atoms with Crippen LogP contribution >= 0.6 is 27.3 Å². The number of benzene rings is 1. The molecule has 0 atom stereocenters. The third-order valence-electron chi connectivity index (χ3n) is 2.49. The number of halogens is 1. The van der Waals surface area contributed by atoms with Crippen LogP contribution in [-0.2, 0) is 6.42 Å². The Kier molecular flexibility index (Phi) is 3.74. The van der Waals surface area contributed by atoms with E-state index in [1.54, 1.807) is 11.3 Å². The summed E-state index contributed by atoms with van der Waals surface area (Å²) >= 11 is 5.00. The van der Waals surface area contributed by atoms with Crippen molar-refractivity contribution >= 4 is 33.0 Å². The van der Waals surface area contributed by atoms with Gasteiger partial charge in [-0.25, -0.2) is 4.98 Å². The fourth-order valence-corrected chi connectivity index (χ4v) is 2.43. The van der Waals surface area contributed by atoms with E-state index in [4.69, 9.17) is 0 Å². The number of Topliss-reactive ketones (excluding diaryl/α,β-unsaturated/α-hetero) is 1. The summed E-state index contributed by atoms with van der Waals surface area (Å²) in [5.41, 5.74) is 2.68. The Balaban J connectivity index is 2.17. The lowest BCUT2D eigenvalue weighted by molar-refractivity contribution is 0.0992. The molecular weight excluding hydrogens is 298 g/mol. The Morgan fingerprint density at radius 1 is 1.41 bits per heavy atom. The minimum atomic E-state index is 0.117. The molecule has 0 unspecified atom stereocenters. The highest BCUT2D eigenvalue weighted by atomic mass is 79.9. The minimum absolute atomic E-state index is 0.117. The molecule has 0 radical (unpaired) electrons. The molecule has 0 amide bonds. The Morgan fingerprint density at radius 3 is 2.76 bits per heavy atom. The molecule has 0 aliphatic heterocycles. The molecular formula is C13H12BrNOS. The van der Waals surface area contributed by atoms with Gasteiger partial charge < -0.3 is 0 Å². The van der Waals surface area contributed by atoms with Crippen LogP contribution < -0.4 is 0 Å². The molecule has 0 aliphatic rings. The lowest BCUT2D eigenvalue weighted by atomic mass is 10.0. The molecule has 4 heteroatoms. The summed E-state index contributed by atoms with van der Waals surface area (Å²) in [6.07, 6.45) is 0.380. The Hall–Kier alpha value is -1.00. The smallest absolute Gasteiger partial charge is 0.168 e. The molecule has 0 spiro atoms. The largest absolute Gasteiger partial charge is 0.294 e. The van der Waals surface area contributed by atoms with Gasteiger partial charge in [0.15, 0.2) is 5.78 Å². The molecule has 0 bridgehead atoms. The van der Waals surface area contributed by atoms with E-state index in [9.17, 15) is 4.79 Å². The average Bonchev–Trinajstić information content (AvgIpc) is 2.68. The van der Waals surface area contributed by atoms with Crippen LogP contribution in [0.15, 0.2) is 28.1 Å². The number of aryl methyl sites for hydroxylation is 2. The van der Waals surface area contributed by atoms with Crippen molar-refractivity contribution in [1.82, 2.24) is 4.98 Å². The van der Waals surface area contributed by atoms with Crippen LogP contribution in [0.1, 0.15) is 26.6 Å². The highest BCUT2D eigenvalue weighted by Gasteiger charge is 2.10. The second-order valence-corrected chi connectivity index (χ2v) is 5.84. The molecule has 1 heterocycles. The Bertz CT molecular complexity index is 562. The van der Waals surface area contributed by atoms with Gasteiger partial charge in [0.1, 0.15) is 0 Å². The fraction of sp³-hybridized carbons (Fsp3) is 0.231. The number of carbonyl (C=O) groups excluding carboxylic acids is 1. The van der Waals surface area contributed by atoms with E-state index in [-0.39, 0.29) is 5.78 Å². The highest BCUT2D eigenvalue weighted by Crippen LogP contribution is 2.18. The topological polar surface area (TPSA) is 30.0 Å². The molecule has 1 aromatic heterocycles. The number of hydrogen-bond donors (Lipinski definition) is 0. The zero-order chi connectivity index (χ0) is 12.4. The van der Waals surface area contributed by atoms with Crippen molar-refractivity contribution in [3.8, 4) is 0 Å². The van der Waals surface area contributed by atoms with E-state index in [0.717, 1.165) is 26.3 Å². The zero-order valence-corrected chi connectivity index (χ0v) is 12.1. The van der Waals surface area contributed by atoms with Gasteiger partial charge in [0.2, 0.25) is 0 Å². The number of hydrogen-bond acceptors (Lipinski definition) is 3. The van der Waals surface area contributed by atoms with E-state index in [1.165, 1.54) is 0 Å². The lowest BCUT2D eigenvalue weighted by Gasteiger charge is -2.02. The van der Waals surface area contributed by atoms with Crippen LogP contribution in [0.2, 0.25) is 0 Å². The van der Waals surface area contributed by atoms with Gasteiger partial charge in [-0.05, 0) is 31.5 Å². The Labute approximate surface area is 113 Å². The summed E-state index contributed by atoms with van der Waals surface area (Å²) in [6, 6.07) is 5.67. The fourth-order valence-electron chi connectivity index (χ4n) is 1.57. The first-order valence-corrected chi connectivity index (χ1v) is 6.94. The maximum Gasteiger partial charge on any atom is 0.168 e. The molecule has 0 N–H and O–H groups in total. The summed E-state index contributed by atoms with van der Waals surface area (Å²) in [6.45, 7) is 3.93. The monoisotopic (exact) mass is 309 g/mol. The minimum Gasteiger partial charge on any atom is -0.294 e. The molecule has 0 fully saturated rings. The van der Waals surface area contributed by atoms with Crippen molar-refractivity contribution in [2.75, 3.05) is 0 Å². The van der Waals surface area contributed by atoms with Gasteiger partial charge >= 0.3 is 0 Å². The molecule has 1 aromatic carbocycles. The first-order chi connectivity index (χ1) is 8.06. The van der Waals surface area contributed by atoms with Crippen LogP contribution in [0.5, 0.6) is 0 Å². The molecule has 2 aromatic rings. The Morgan fingerprint density at radius 2 is 2.18 bits per heavy atom. The van der Waals surface area contributed by atoms with Crippen LogP contribution in [-0.4, -0.2) is 10.8 Å². The first-order valence-electron chi connectivity index (χ1n) is 5.26. The van der Waals surface area contributed by atoms with Crippen molar-refractivity contribution in [2.45, 2.75) is 20.3 Å². The van der Waals surface area contributed by atoms with Crippen molar-refractivity contribution in [1.29, 1.82) is 0 Å². The van der Waals surface area contributed by atoms with Gasteiger partial charge in [-0.15, -0.1) is 11.3 Å². The van der Waals surface area contributed by atoms with Gasteiger partial charge in [0.05, 0.1) is 17.1 Å². The second kappa shape index (κ2) is 5.10. The maximum atomic E-state index is 12.0. The molecule has 0 saturated heterocycles. The lowest BCUT2D eigenvalue weighted by Crippen LogP contribution is -2.04. The van der Waals surface area contributed by atoms with E-state index >= 15 is 0 Å². The van der Waals surface area contributed by atoms with Crippen molar-refractivity contribution in [2.24, 2.45) is 0 Å². The van der Waals surface area contributed by atoms with Gasteiger partial charge in [0.25, 0.3) is 0 Å². The molecule has 0 aliphatic carbocycles. The van der Waals surface area contributed by atoms with Crippen LogP contribution in [0.25, 0.3) is 0 Å². The standard InChI is InChI=1S/C13H12BrNOS/c1-8-5-10(3-4-12(8)14)13(16)6-11-7-17-9(2)15-11/h3-5,7H,6H2,1-2H3. The molecule has 2 rings (SSSR count). The van der Waals surface area contributed by atoms with Crippen molar-refractivity contribution < 1.29 is 4.79 Å². The molecule has 88 valence electrons. The SMILES string of the molecule is Cc1nc(CC(=O)c2ccc(Br)c(C)c2)cs1. The van der Waals surface area contributed by atoms with E-state index in [2.05, 4.69) is 20.9 Å². The van der Waals surface area contributed by atoms with E-state index < -0.39 is 0 Å². The normalized spacial score (nSPS) is 10.5. The number of aromatic nitrogens is 1. The van der Waals surface area contributed by atoms with Gasteiger partial charge in [-0.3, -0.25) is 4.79 Å². The van der Waals surface area contributed by atoms with Crippen molar-refractivity contribution in [3.05, 3.63) is 49.9 Å². The number of rotatable bonds is 3. The number of nitrogens with zero attached hydrogens (tertiary/aromatic N) is 1. The number of ketones is 1. The predicted molar refractivity (Wildman–Crippen MR) is 73.8 cm³/mol. The van der Waals surface area contributed by atoms with Gasteiger partial charge in [-0.1, -0.05) is 22.0 Å². The third kappa shape index (κ3) is 3.01. The van der Waals surface area contributed by atoms with Crippen LogP contribution in [0.3, 0.4) is 0 Å². The average molecular weight is 310 g/mol. The van der Waals surface area contributed by atoms with E-state index in [1.807, 2.05) is 37.4 Å². The summed E-state index contributed by atoms with van der Waals surface area (Å²) in [7, 11) is 0. The molecule has 0 saturated carbocycles. The van der Waals surface area contributed by atoms with Gasteiger partial charge in [0, 0.05) is 15.4 Å².